The third-order valence-corrected chi connectivity index (χ3v) is 4.51. The van der Waals surface area contributed by atoms with E-state index in [1.54, 1.807) is 11.1 Å². The number of amides is 1. The summed E-state index contributed by atoms with van der Waals surface area (Å²) in [6.45, 7) is 6.07. The Hall–Kier alpha value is -1.82. The van der Waals surface area contributed by atoms with Crippen molar-refractivity contribution in [3.05, 3.63) is 23.9 Å². The number of aromatic nitrogens is 1. The molecular formula is C15H22N4O2. The van der Waals surface area contributed by atoms with Crippen LogP contribution in [0.15, 0.2) is 18.3 Å². The number of ether oxygens (including phenoxy) is 1. The molecule has 2 aliphatic heterocycles. The van der Waals surface area contributed by atoms with Crippen LogP contribution < -0.4 is 5.73 Å². The topological polar surface area (TPSA) is 71.7 Å². The van der Waals surface area contributed by atoms with Crippen molar-refractivity contribution in [3.8, 4) is 0 Å². The van der Waals surface area contributed by atoms with Crippen LogP contribution in [0.25, 0.3) is 0 Å². The Morgan fingerprint density at radius 3 is 2.81 bits per heavy atom. The average molecular weight is 290 g/mol. The molecule has 1 amide bonds. The van der Waals surface area contributed by atoms with E-state index in [0.717, 1.165) is 51.1 Å². The van der Waals surface area contributed by atoms with Crippen LogP contribution in [0.1, 0.15) is 25.3 Å². The van der Waals surface area contributed by atoms with Crippen molar-refractivity contribution in [3.63, 3.8) is 0 Å². The first-order valence-electron chi connectivity index (χ1n) is 7.51. The molecule has 1 aromatic rings. The molecular weight excluding hydrogens is 268 g/mol. The Balaban J connectivity index is 1.59. The molecule has 6 nitrogen and oxygen atoms in total. The number of nitrogens with two attached hydrogens (primary N) is 1. The van der Waals surface area contributed by atoms with Crippen LogP contribution in [0.2, 0.25) is 0 Å². The summed E-state index contributed by atoms with van der Waals surface area (Å²) < 4.78 is 5.64. The van der Waals surface area contributed by atoms with E-state index in [-0.39, 0.29) is 11.7 Å². The third-order valence-electron chi connectivity index (χ3n) is 4.51. The quantitative estimate of drug-likeness (QED) is 0.912. The number of hydrogen-bond acceptors (Lipinski definition) is 5. The lowest BCUT2D eigenvalue weighted by Crippen LogP contribution is -2.46. The molecule has 2 saturated heterocycles. The smallest absolute Gasteiger partial charge is 0.410 e. The number of likely N-dealkylation sites (N-methyl/N-ethyl adjacent to an activating group) is 1. The van der Waals surface area contributed by atoms with Crippen LogP contribution >= 0.6 is 0 Å². The minimum absolute atomic E-state index is 0.164. The standard InChI is InChI=1S/C15H22N4O2/c1-2-19-11-15(21-14(19)20)5-8-18(9-6-15)10-12-4-3-7-17-13(12)16/h3-4,7H,2,5-6,8-11H2,1H3,(H2,16,17). The lowest BCUT2D eigenvalue weighted by molar-refractivity contribution is -0.00119. The summed E-state index contributed by atoms with van der Waals surface area (Å²) in [5.74, 6) is 0.599. The zero-order valence-corrected chi connectivity index (χ0v) is 12.4. The number of rotatable bonds is 3. The van der Waals surface area contributed by atoms with Gasteiger partial charge in [-0.1, -0.05) is 6.07 Å². The minimum atomic E-state index is -0.274. The number of pyridine rings is 1. The Morgan fingerprint density at radius 2 is 2.19 bits per heavy atom. The summed E-state index contributed by atoms with van der Waals surface area (Å²) in [4.78, 5) is 20.0. The van der Waals surface area contributed by atoms with Gasteiger partial charge in [0.25, 0.3) is 0 Å². The van der Waals surface area contributed by atoms with Gasteiger partial charge in [0.15, 0.2) is 0 Å². The SMILES string of the molecule is CCN1CC2(CCN(Cc3cccnc3N)CC2)OC1=O. The van der Waals surface area contributed by atoms with E-state index in [2.05, 4.69) is 9.88 Å². The molecule has 114 valence electrons. The first-order chi connectivity index (χ1) is 10.1. The van der Waals surface area contributed by atoms with E-state index in [1.165, 1.54) is 0 Å². The molecule has 0 aromatic carbocycles. The van der Waals surface area contributed by atoms with Crippen molar-refractivity contribution in [2.75, 3.05) is 31.9 Å². The van der Waals surface area contributed by atoms with Gasteiger partial charge in [0.1, 0.15) is 11.4 Å². The first-order valence-corrected chi connectivity index (χ1v) is 7.51. The molecule has 1 spiro atoms. The normalized spacial score (nSPS) is 21.8. The van der Waals surface area contributed by atoms with Crippen LogP contribution in [-0.4, -0.2) is 52.7 Å². The van der Waals surface area contributed by atoms with E-state index in [1.807, 2.05) is 19.1 Å². The number of likely N-dealkylation sites (tertiary alicyclic amines) is 1. The molecule has 0 aliphatic carbocycles. The van der Waals surface area contributed by atoms with Crippen LogP contribution in [0.3, 0.4) is 0 Å². The number of carbonyl (C=O) groups is 1. The van der Waals surface area contributed by atoms with Gasteiger partial charge < -0.3 is 15.4 Å². The minimum Gasteiger partial charge on any atom is -0.441 e. The van der Waals surface area contributed by atoms with Gasteiger partial charge in [0.2, 0.25) is 0 Å². The van der Waals surface area contributed by atoms with Gasteiger partial charge in [-0.25, -0.2) is 9.78 Å². The fourth-order valence-corrected chi connectivity index (χ4v) is 3.14. The second kappa shape index (κ2) is 5.52. The molecule has 2 N–H and O–H groups in total. The molecule has 1 aromatic heterocycles. The second-order valence-electron chi connectivity index (χ2n) is 5.89. The molecule has 2 aliphatic rings. The fraction of sp³-hybridized carbons (Fsp3) is 0.600. The molecule has 0 radical (unpaired) electrons. The summed E-state index contributed by atoms with van der Waals surface area (Å²) >= 11 is 0. The maximum absolute atomic E-state index is 11.8. The van der Waals surface area contributed by atoms with E-state index in [0.29, 0.717) is 5.82 Å². The predicted molar refractivity (Wildman–Crippen MR) is 79.6 cm³/mol. The molecule has 0 atom stereocenters. The van der Waals surface area contributed by atoms with Gasteiger partial charge in [-0.2, -0.15) is 0 Å². The molecule has 0 saturated carbocycles. The number of anilines is 1. The van der Waals surface area contributed by atoms with Gasteiger partial charge in [0.05, 0.1) is 6.54 Å². The molecule has 0 unspecified atom stereocenters. The number of piperidine rings is 1. The number of carbonyl (C=O) groups excluding carboxylic acids is 1. The maximum atomic E-state index is 11.8. The van der Waals surface area contributed by atoms with E-state index in [9.17, 15) is 4.79 Å². The summed E-state index contributed by atoms with van der Waals surface area (Å²) in [6.07, 6.45) is 3.31. The van der Waals surface area contributed by atoms with E-state index >= 15 is 0 Å². The monoisotopic (exact) mass is 290 g/mol. The van der Waals surface area contributed by atoms with E-state index < -0.39 is 0 Å². The molecule has 6 heteroatoms. The van der Waals surface area contributed by atoms with Crippen molar-refractivity contribution in [1.29, 1.82) is 0 Å². The lowest BCUT2D eigenvalue weighted by atomic mass is 9.91. The largest absolute Gasteiger partial charge is 0.441 e. The van der Waals surface area contributed by atoms with E-state index in [4.69, 9.17) is 10.5 Å². The molecule has 2 fully saturated rings. The van der Waals surface area contributed by atoms with Gasteiger partial charge in [-0.15, -0.1) is 0 Å². The zero-order valence-electron chi connectivity index (χ0n) is 12.4. The first kappa shape index (κ1) is 14.1. The van der Waals surface area contributed by atoms with Crippen molar-refractivity contribution in [1.82, 2.24) is 14.8 Å². The number of nitrogen functional groups attached to an aromatic ring is 1. The van der Waals surface area contributed by atoms with Gasteiger partial charge in [0, 0.05) is 50.8 Å². The Morgan fingerprint density at radius 1 is 1.43 bits per heavy atom. The van der Waals surface area contributed by atoms with Crippen molar-refractivity contribution in [2.45, 2.75) is 31.9 Å². The highest BCUT2D eigenvalue weighted by molar-refractivity contribution is 5.70. The predicted octanol–water partition coefficient (Wildman–Crippen LogP) is 1.47. The summed E-state index contributed by atoms with van der Waals surface area (Å²) in [5, 5.41) is 0. The lowest BCUT2D eigenvalue weighted by Gasteiger charge is -2.37. The Kier molecular flexibility index (Phi) is 3.71. The average Bonchev–Trinajstić information content (AvgIpc) is 2.80. The van der Waals surface area contributed by atoms with Gasteiger partial charge >= 0.3 is 6.09 Å². The van der Waals surface area contributed by atoms with Crippen LogP contribution in [-0.2, 0) is 11.3 Å². The highest BCUT2D eigenvalue weighted by atomic mass is 16.6. The zero-order chi connectivity index (χ0) is 14.9. The van der Waals surface area contributed by atoms with Crippen molar-refractivity contribution in [2.24, 2.45) is 0 Å². The summed E-state index contributed by atoms with van der Waals surface area (Å²) in [7, 11) is 0. The number of hydrogen-bond donors (Lipinski definition) is 1. The Labute approximate surface area is 124 Å². The maximum Gasteiger partial charge on any atom is 0.410 e. The molecule has 3 heterocycles. The molecule has 0 bridgehead atoms. The van der Waals surface area contributed by atoms with Crippen molar-refractivity contribution >= 4 is 11.9 Å². The second-order valence-corrected chi connectivity index (χ2v) is 5.89. The molecule has 3 rings (SSSR count). The van der Waals surface area contributed by atoms with Crippen LogP contribution in [0.4, 0.5) is 10.6 Å². The fourth-order valence-electron chi connectivity index (χ4n) is 3.14. The Bertz CT molecular complexity index is 526. The summed E-state index contributed by atoms with van der Waals surface area (Å²) in [6, 6.07) is 3.93. The third kappa shape index (κ3) is 2.81. The van der Waals surface area contributed by atoms with Crippen LogP contribution in [0.5, 0.6) is 0 Å². The summed E-state index contributed by atoms with van der Waals surface area (Å²) in [5.41, 5.74) is 6.68. The highest BCUT2D eigenvalue weighted by Gasteiger charge is 2.46. The highest BCUT2D eigenvalue weighted by Crippen LogP contribution is 2.33. The molecule has 21 heavy (non-hydrogen) atoms. The van der Waals surface area contributed by atoms with Crippen LogP contribution in [0, 0.1) is 0 Å². The van der Waals surface area contributed by atoms with Gasteiger partial charge in [-0.05, 0) is 13.0 Å². The van der Waals surface area contributed by atoms with Gasteiger partial charge in [-0.3, -0.25) is 4.90 Å². The van der Waals surface area contributed by atoms with Crippen molar-refractivity contribution < 1.29 is 9.53 Å². The number of nitrogens with zero attached hydrogens (tertiary/aromatic N) is 3.